The molecule has 33 heavy (non-hydrogen) atoms. The van der Waals surface area contributed by atoms with Gasteiger partial charge in [0.05, 0.1) is 16.3 Å². The van der Waals surface area contributed by atoms with Crippen LogP contribution in [0.25, 0.3) is 0 Å². The van der Waals surface area contributed by atoms with Gasteiger partial charge >= 0.3 is 0 Å². The Hall–Kier alpha value is -2.35. The van der Waals surface area contributed by atoms with Gasteiger partial charge in [0.1, 0.15) is 5.76 Å². The number of halogens is 2. The average Bonchev–Trinajstić information content (AvgIpc) is 3.14. The van der Waals surface area contributed by atoms with Crippen molar-refractivity contribution in [3.8, 4) is 0 Å². The molecule has 0 saturated carbocycles. The zero-order chi connectivity index (χ0) is 23.7. The van der Waals surface area contributed by atoms with Crippen molar-refractivity contribution in [2.75, 3.05) is 27.2 Å². The summed E-state index contributed by atoms with van der Waals surface area (Å²) in [5.74, 6) is 0.586. The van der Waals surface area contributed by atoms with E-state index in [0.717, 1.165) is 55.7 Å². The third kappa shape index (κ3) is 4.95. The first-order chi connectivity index (χ1) is 15.8. The molecule has 1 saturated heterocycles. The predicted molar refractivity (Wildman–Crippen MR) is 129 cm³/mol. The van der Waals surface area contributed by atoms with Crippen LogP contribution < -0.4 is 5.43 Å². The summed E-state index contributed by atoms with van der Waals surface area (Å²) in [6.45, 7) is 3.84. The van der Waals surface area contributed by atoms with Crippen molar-refractivity contribution < 1.29 is 14.0 Å². The van der Waals surface area contributed by atoms with Gasteiger partial charge in [-0.2, -0.15) is 5.10 Å². The highest BCUT2D eigenvalue weighted by Crippen LogP contribution is 2.31. The first kappa shape index (κ1) is 23.8. The summed E-state index contributed by atoms with van der Waals surface area (Å²) in [4.78, 5) is 29.9. The quantitative estimate of drug-likeness (QED) is 0.638. The van der Waals surface area contributed by atoms with Crippen LogP contribution in [-0.2, 0) is 6.42 Å². The number of likely N-dealkylation sites (tertiary alicyclic amines) is 1. The summed E-state index contributed by atoms with van der Waals surface area (Å²) in [6, 6.07) is 4.88. The van der Waals surface area contributed by atoms with E-state index >= 15 is 0 Å². The lowest BCUT2D eigenvalue weighted by Crippen LogP contribution is -2.44. The molecule has 0 unspecified atom stereocenters. The minimum absolute atomic E-state index is 0.104. The molecule has 0 spiro atoms. The number of carbonyl (C=O) groups excluding carboxylic acids is 2. The minimum atomic E-state index is -0.421. The second-order valence-corrected chi connectivity index (χ2v) is 9.63. The monoisotopic (exact) mass is 490 g/mol. The van der Waals surface area contributed by atoms with Crippen molar-refractivity contribution in [3.05, 3.63) is 56.5 Å². The van der Waals surface area contributed by atoms with E-state index in [0.29, 0.717) is 28.5 Å². The second kappa shape index (κ2) is 9.87. The Morgan fingerprint density at radius 3 is 2.64 bits per heavy atom. The standard InChI is InChI=1S/C24H28Cl2N4O3/c1-14-21-19(27-28-23(31)17-8-7-15(25)13-18(17)26)5-4-6-20(21)33-22(14)24(32)30(3)16-9-11-29(2)12-10-16/h7-8,13,16H,4-6,9-12H2,1-3H3,(H,28,31)/b27-19+. The maximum absolute atomic E-state index is 13.3. The number of nitrogens with zero attached hydrogens (tertiary/aromatic N) is 3. The van der Waals surface area contributed by atoms with E-state index < -0.39 is 5.91 Å². The number of nitrogens with one attached hydrogen (secondary N) is 1. The molecule has 1 aliphatic carbocycles. The molecule has 0 atom stereocenters. The molecule has 176 valence electrons. The van der Waals surface area contributed by atoms with Gasteiger partial charge in [-0.15, -0.1) is 0 Å². The molecule has 1 fully saturated rings. The largest absolute Gasteiger partial charge is 0.455 e. The number of benzene rings is 1. The third-order valence-electron chi connectivity index (χ3n) is 6.54. The normalized spacial score (nSPS) is 18.3. The van der Waals surface area contributed by atoms with Crippen molar-refractivity contribution in [2.24, 2.45) is 5.10 Å². The zero-order valence-electron chi connectivity index (χ0n) is 19.1. The first-order valence-corrected chi connectivity index (χ1v) is 11.9. The summed E-state index contributed by atoms with van der Waals surface area (Å²) in [7, 11) is 3.95. The topological polar surface area (TPSA) is 78.2 Å². The van der Waals surface area contributed by atoms with Crippen LogP contribution in [0.15, 0.2) is 27.7 Å². The van der Waals surface area contributed by atoms with Gasteiger partial charge in [0.25, 0.3) is 11.8 Å². The lowest BCUT2D eigenvalue weighted by Gasteiger charge is -2.34. The Bertz CT molecular complexity index is 1100. The van der Waals surface area contributed by atoms with Gasteiger partial charge in [0.15, 0.2) is 5.76 Å². The fourth-order valence-electron chi connectivity index (χ4n) is 4.54. The van der Waals surface area contributed by atoms with Crippen molar-refractivity contribution >= 4 is 40.7 Å². The maximum Gasteiger partial charge on any atom is 0.289 e. The van der Waals surface area contributed by atoms with E-state index in [9.17, 15) is 9.59 Å². The molecule has 2 amide bonds. The molecule has 1 aromatic carbocycles. The molecule has 7 nitrogen and oxygen atoms in total. The van der Waals surface area contributed by atoms with E-state index in [1.54, 1.807) is 12.1 Å². The molecule has 2 aliphatic rings. The van der Waals surface area contributed by atoms with E-state index in [1.807, 2.05) is 18.9 Å². The molecule has 9 heteroatoms. The Labute approximate surface area is 203 Å². The van der Waals surface area contributed by atoms with Gasteiger partial charge < -0.3 is 14.2 Å². The molecule has 1 aromatic heterocycles. The zero-order valence-corrected chi connectivity index (χ0v) is 20.6. The van der Waals surface area contributed by atoms with Crippen molar-refractivity contribution in [1.29, 1.82) is 0 Å². The summed E-state index contributed by atoms with van der Waals surface area (Å²) < 4.78 is 6.05. The van der Waals surface area contributed by atoms with Crippen molar-refractivity contribution in [3.63, 3.8) is 0 Å². The predicted octanol–water partition coefficient (Wildman–Crippen LogP) is 4.53. The molecular formula is C24H28Cl2N4O3. The number of hydrogen-bond acceptors (Lipinski definition) is 5. The Kier molecular flexibility index (Phi) is 7.12. The molecule has 1 N–H and O–H groups in total. The van der Waals surface area contributed by atoms with E-state index in [1.165, 1.54) is 6.07 Å². The summed E-state index contributed by atoms with van der Waals surface area (Å²) in [6.07, 6.45) is 4.14. The number of fused-ring (bicyclic) bond motifs is 1. The molecule has 2 aromatic rings. The van der Waals surface area contributed by atoms with Gasteiger partial charge in [-0.1, -0.05) is 23.2 Å². The summed E-state index contributed by atoms with van der Waals surface area (Å²) in [5, 5.41) is 5.09. The third-order valence-corrected chi connectivity index (χ3v) is 7.09. The van der Waals surface area contributed by atoms with Gasteiger partial charge in [0, 0.05) is 35.7 Å². The van der Waals surface area contributed by atoms with Crippen molar-refractivity contribution in [2.45, 2.75) is 45.1 Å². The smallest absolute Gasteiger partial charge is 0.289 e. The Balaban J connectivity index is 1.54. The van der Waals surface area contributed by atoms with Gasteiger partial charge in [-0.3, -0.25) is 9.59 Å². The highest BCUT2D eigenvalue weighted by Gasteiger charge is 2.32. The molecule has 4 rings (SSSR count). The Morgan fingerprint density at radius 2 is 1.94 bits per heavy atom. The lowest BCUT2D eigenvalue weighted by atomic mass is 9.93. The van der Waals surface area contributed by atoms with Crippen LogP contribution in [0.1, 0.15) is 63.5 Å². The molecule has 2 heterocycles. The maximum atomic E-state index is 13.3. The molecule has 1 aliphatic heterocycles. The van der Waals surface area contributed by atoms with Crippen LogP contribution in [0.4, 0.5) is 0 Å². The van der Waals surface area contributed by atoms with E-state index in [-0.39, 0.29) is 17.0 Å². The van der Waals surface area contributed by atoms with Crippen LogP contribution in [0.2, 0.25) is 10.0 Å². The number of hydrogen-bond donors (Lipinski definition) is 1. The van der Waals surface area contributed by atoms with E-state index in [4.69, 9.17) is 27.6 Å². The van der Waals surface area contributed by atoms with Crippen LogP contribution in [0.3, 0.4) is 0 Å². The number of carbonyl (C=O) groups is 2. The fourth-order valence-corrected chi connectivity index (χ4v) is 5.04. The van der Waals surface area contributed by atoms with E-state index in [2.05, 4.69) is 22.5 Å². The second-order valence-electron chi connectivity index (χ2n) is 8.78. The average molecular weight is 491 g/mol. The Morgan fingerprint density at radius 1 is 1.21 bits per heavy atom. The SMILES string of the molecule is Cc1c(C(=O)N(C)C2CCN(C)CC2)oc2c1/C(=N/NC(=O)c1ccc(Cl)cc1Cl)CCC2. The summed E-state index contributed by atoms with van der Waals surface area (Å²) in [5.41, 5.74) is 5.19. The first-order valence-electron chi connectivity index (χ1n) is 11.2. The minimum Gasteiger partial charge on any atom is -0.455 e. The number of piperidine rings is 1. The highest BCUT2D eigenvalue weighted by atomic mass is 35.5. The number of hydrazone groups is 1. The lowest BCUT2D eigenvalue weighted by molar-refractivity contribution is 0.0625. The summed E-state index contributed by atoms with van der Waals surface area (Å²) >= 11 is 12.1. The van der Waals surface area contributed by atoms with Crippen LogP contribution in [0.5, 0.6) is 0 Å². The van der Waals surface area contributed by atoms with Crippen LogP contribution in [-0.4, -0.2) is 60.6 Å². The number of amides is 2. The number of aryl methyl sites for hydroxylation is 1. The van der Waals surface area contributed by atoms with Gasteiger partial charge in [-0.05, 0) is 70.9 Å². The molecule has 0 bridgehead atoms. The fraction of sp³-hybridized carbons (Fsp3) is 0.458. The van der Waals surface area contributed by atoms with Gasteiger partial charge in [-0.25, -0.2) is 5.43 Å². The van der Waals surface area contributed by atoms with Gasteiger partial charge in [0.2, 0.25) is 0 Å². The van der Waals surface area contributed by atoms with Crippen molar-refractivity contribution in [1.82, 2.24) is 15.2 Å². The highest BCUT2D eigenvalue weighted by molar-refractivity contribution is 6.36. The molecule has 0 radical (unpaired) electrons. The van der Waals surface area contributed by atoms with Crippen LogP contribution in [0, 0.1) is 6.92 Å². The number of furan rings is 1. The molecular weight excluding hydrogens is 463 g/mol. The number of rotatable bonds is 4. The van der Waals surface area contributed by atoms with Crippen LogP contribution >= 0.6 is 23.2 Å².